The van der Waals surface area contributed by atoms with E-state index >= 15 is 0 Å². The van der Waals surface area contributed by atoms with Gasteiger partial charge >= 0.3 is 6.61 Å². The Morgan fingerprint density at radius 3 is 2.20 bits per heavy atom. The SMILES string of the molecule is O=C(c1ccoc1)N1CCN(C(=O)c2cccc(OC(F)F)c2)CC1. The molecule has 0 unspecified atom stereocenters. The highest BCUT2D eigenvalue weighted by atomic mass is 19.3. The van der Waals surface area contributed by atoms with Gasteiger partial charge < -0.3 is 19.0 Å². The van der Waals surface area contributed by atoms with E-state index in [1.54, 1.807) is 21.9 Å². The van der Waals surface area contributed by atoms with Crippen LogP contribution >= 0.6 is 0 Å². The second-order valence-electron chi connectivity index (χ2n) is 5.50. The maximum absolute atomic E-state index is 12.5. The first kappa shape index (κ1) is 16.9. The number of halogens is 2. The van der Waals surface area contributed by atoms with E-state index < -0.39 is 6.61 Å². The number of carbonyl (C=O) groups excluding carboxylic acids is 2. The molecule has 8 heteroatoms. The first-order valence-electron chi connectivity index (χ1n) is 7.70. The molecule has 2 amide bonds. The molecule has 6 nitrogen and oxygen atoms in total. The van der Waals surface area contributed by atoms with Crippen LogP contribution in [0.3, 0.4) is 0 Å². The van der Waals surface area contributed by atoms with Crippen LogP contribution in [0.5, 0.6) is 5.75 Å². The maximum Gasteiger partial charge on any atom is 0.387 e. The minimum Gasteiger partial charge on any atom is -0.472 e. The Bertz CT molecular complexity index is 741. The minimum absolute atomic E-state index is 0.0605. The molecular weight excluding hydrogens is 334 g/mol. The van der Waals surface area contributed by atoms with E-state index in [9.17, 15) is 18.4 Å². The van der Waals surface area contributed by atoms with Gasteiger partial charge in [-0.25, -0.2) is 0 Å². The van der Waals surface area contributed by atoms with Crippen LogP contribution < -0.4 is 4.74 Å². The zero-order chi connectivity index (χ0) is 17.8. The molecule has 25 heavy (non-hydrogen) atoms. The molecule has 0 aliphatic carbocycles. The van der Waals surface area contributed by atoms with E-state index in [0.29, 0.717) is 31.7 Å². The minimum atomic E-state index is -2.94. The molecule has 0 saturated carbocycles. The predicted octanol–water partition coefficient (Wildman–Crippen LogP) is 2.48. The van der Waals surface area contributed by atoms with Crippen LogP contribution in [-0.2, 0) is 0 Å². The standard InChI is InChI=1S/C17H16F2N2O4/c18-17(19)25-14-3-1-2-12(10-14)15(22)20-5-7-21(8-6-20)16(23)13-4-9-24-11-13/h1-4,9-11,17H,5-8H2. The lowest BCUT2D eigenvalue weighted by molar-refractivity contribution is -0.0499. The Kier molecular flexibility index (Phi) is 4.97. The van der Waals surface area contributed by atoms with Crippen molar-refractivity contribution in [1.29, 1.82) is 0 Å². The summed E-state index contributed by atoms with van der Waals surface area (Å²) in [4.78, 5) is 28.0. The Labute approximate surface area is 142 Å². The Hall–Kier alpha value is -2.90. The summed E-state index contributed by atoms with van der Waals surface area (Å²) in [5.41, 5.74) is 0.740. The smallest absolute Gasteiger partial charge is 0.387 e. The van der Waals surface area contributed by atoms with Crippen LogP contribution in [0, 0.1) is 0 Å². The van der Waals surface area contributed by atoms with Crippen molar-refractivity contribution in [2.24, 2.45) is 0 Å². The number of benzene rings is 1. The summed E-state index contributed by atoms with van der Waals surface area (Å²) in [5.74, 6) is -0.488. The van der Waals surface area contributed by atoms with E-state index in [2.05, 4.69) is 4.74 Å². The average Bonchev–Trinajstić information content (AvgIpc) is 3.15. The zero-order valence-corrected chi connectivity index (χ0v) is 13.2. The fourth-order valence-corrected chi connectivity index (χ4v) is 2.67. The summed E-state index contributed by atoms with van der Waals surface area (Å²) in [7, 11) is 0. The van der Waals surface area contributed by atoms with Crippen molar-refractivity contribution in [2.45, 2.75) is 6.61 Å². The maximum atomic E-state index is 12.5. The fourth-order valence-electron chi connectivity index (χ4n) is 2.67. The third-order valence-corrected chi connectivity index (χ3v) is 3.93. The van der Waals surface area contributed by atoms with Gasteiger partial charge in [0, 0.05) is 31.7 Å². The quantitative estimate of drug-likeness (QED) is 0.850. The number of ether oxygens (including phenoxy) is 1. The number of carbonyl (C=O) groups is 2. The van der Waals surface area contributed by atoms with Gasteiger partial charge in [-0.1, -0.05) is 6.07 Å². The molecule has 0 atom stereocenters. The molecule has 0 spiro atoms. The number of piperazine rings is 1. The van der Waals surface area contributed by atoms with Crippen molar-refractivity contribution in [2.75, 3.05) is 26.2 Å². The van der Waals surface area contributed by atoms with Gasteiger partial charge in [0.15, 0.2) is 0 Å². The fraction of sp³-hybridized carbons (Fsp3) is 0.294. The molecule has 3 rings (SSSR count). The number of rotatable bonds is 4. The van der Waals surface area contributed by atoms with Gasteiger partial charge in [0.05, 0.1) is 11.8 Å². The van der Waals surface area contributed by atoms with E-state index in [1.165, 1.54) is 30.7 Å². The Morgan fingerprint density at radius 2 is 1.64 bits per heavy atom. The summed E-state index contributed by atoms with van der Waals surface area (Å²) >= 11 is 0. The Morgan fingerprint density at radius 1 is 1.00 bits per heavy atom. The predicted molar refractivity (Wildman–Crippen MR) is 83.6 cm³/mol. The molecule has 1 aromatic heterocycles. The van der Waals surface area contributed by atoms with E-state index in [4.69, 9.17) is 4.42 Å². The summed E-state index contributed by atoms with van der Waals surface area (Å²) in [6.07, 6.45) is 2.82. The molecule has 0 N–H and O–H groups in total. The highest BCUT2D eigenvalue weighted by molar-refractivity contribution is 5.96. The molecule has 132 valence electrons. The number of furan rings is 1. The van der Waals surface area contributed by atoms with Crippen LogP contribution in [0.4, 0.5) is 8.78 Å². The topological polar surface area (TPSA) is 63.0 Å². The lowest BCUT2D eigenvalue weighted by Gasteiger charge is -2.34. The number of alkyl halides is 2. The molecule has 0 radical (unpaired) electrons. The normalized spacial score (nSPS) is 14.7. The highest BCUT2D eigenvalue weighted by Crippen LogP contribution is 2.18. The van der Waals surface area contributed by atoms with E-state index in [1.807, 2.05) is 0 Å². The number of amides is 2. The molecule has 1 aliphatic heterocycles. The van der Waals surface area contributed by atoms with E-state index in [0.717, 1.165) is 0 Å². The van der Waals surface area contributed by atoms with Crippen molar-refractivity contribution in [3.8, 4) is 5.75 Å². The van der Waals surface area contributed by atoms with Crippen molar-refractivity contribution in [3.05, 3.63) is 54.0 Å². The van der Waals surface area contributed by atoms with Crippen molar-refractivity contribution in [3.63, 3.8) is 0 Å². The number of hydrogen-bond donors (Lipinski definition) is 0. The Balaban J connectivity index is 1.61. The second kappa shape index (κ2) is 7.33. The van der Waals surface area contributed by atoms with Crippen LogP contribution in [0.1, 0.15) is 20.7 Å². The van der Waals surface area contributed by atoms with Crippen molar-refractivity contribution < 1.29 is 27.5 Å². The molecule has 0 bridgehead atoms. The lowest BCUT2D eigenvalue weighted by Crippen LogP contribution is -2.50. The largest absolute Gasteiger partial charge is 0.472 e. The monoisotopic (exact) mass is 350 g/mol. The van der Waals surface area contributed by atoms with Crippen LogP contribution in [0.25, 0.3) is 0 Å². The molecule has 2 heterocycles. The molecule has 1 aliphatic rings. The summed E-state index contributed by atoms with van der Waals surface area (Å²) in [5, 5.41) is 0. The summed E-state index contributed by atoms with van der Waals surface area (Å²) in [6.45, 7) is -1.43. The third-order valence-electron chi connectivity index (χ3n) is 3.93. The lowest BCUT2D eigenvalue weighted by atomic mass is 10.1. The first-order valence-corrected chi connectivity index (χ1v) is 7.70. The molecule has 2 aromatic rings. The number of nitrogens with zero attached hydrogens (tertiary/aromatic N) is 2. The first-order chi connectivity index (χ1) is 12.0. The van der Waals surface area contributed by atoms with Gasteiger partial charge in [0.25, 0.3) is 11.8 Å². The molecular formula is C17H16F2N2O4. The molecule has 1 aromatic carbocycles. The molecule has 1 saturated heterocycles. The van der Waals surface area contributed by atoms with Crippen LogP contribution in [-0.4, -0.2) is 54.4 Å². The van der Waals surface area contributed by atoms with Crippen molar-refractivity contribution in [1.82, 2.24) is 9.80 Å². The van der Waals surface area contributed by atoms with Gasteiger partial charge in [-0.15, -0.1) is 0 Å². The van der Waals surface area contributed by atoms with Crippen LogP contribution in [0.2, 0.25) is 0 Å². The van der Waals surface area contributed by atoms with Gasteiger partial charge in [0.2, 0.25) is 0 Å². The van der Waals surface area contributed by atoms with Gasteiger partial charge in [-0.3, -0.25) is 9.59 Å². The van der Waals surface area contributed by atoms with Gasteiger partial charge in [-0.05, 0) is 24.3 Å². The number of hydrogen-bond acceptors (Lipinski definition) is 4. The summed E-state index contributed by atoms with van der Waals surface area (Å²) in [6, 6.07) is 7.28. The summed E-state index contributed by atoms with van der Waals surface area (Å²) < 4.78 is 33.8. The van der Waals surface area contributed by atoms with E-state index in [-0.39, 0.29) is 23.1 Å². The average molecular weight is 350 g/mol. The molecule has 1 fully saturated rings. The van der Waals surface area contributed by atoms with Crippen LogP contribution in [0.15, 0.2) is 47.3 Å². The third kappa shape index (κ3) is 3.96. The second-order valence-corrected chi connectivity index (χ2v) is 5.50. The zero-order valence-electron chi connectivity index (χ0n) is 13.2. The van der Waals surface area contributed by atoms with Gasteiger partial charge in [-0.2, -0.15) is 8.78 Å². The van der Waals surface area contributed by atoms with Gasteiger partial charge in [0.1, 0.15) is 12.0 Å². The highest BCUT2D eigenvalue weighted by Gasteiger charge is 2.26. The van der Waals surface area contributed by atoms with Crippen molar-refractivity contribution >= 4 is 11.8 Å².